The molecule has 0 saturated carbocycles. The number of benzene rings is 1. The lowest BCUT2D eigenvalue weighted by Crippen LogP contribution is -2.20. The highest BCUT2D eigenvalue weighted by Gasteiger charge is 2.43. The normalized spacial score (nSPS) is 22.9. The summed E-state index contributed by atoms with van der Waals surface area (Å²) in [5.41, 5.74) is -3.18. The molecule has 0 spiro atoms. The molecule has 0 aromatic heterocycles. The summed E-state index contributed by atoms with van der Waals surface area (Å²) in [6.07, 6.45) is 3.39. The molecule has 28 heavy (non-hydrogen) atoms. The van der Waals surface area contributed by atoms with E-state index in [4.69, 9.17) is 4.28 Å². The molecule has 1 fully saturated rings. The average Bonchev–Trinajstić information content (AvgIpc) is 2.56. The minimum atomic E-state index is -5.25. The maximum Gasteiger partial charge on any atom is 0.352 e. The van der Waals surface area contributed by atoms with Crippen LogP contribution in [-0.4, -0.2) is 57.0 Å². The highest BCUT2D eigenvalue weighted by molar-refractivity contribution is 8.29. The van der Waals surface area contributed by atoms with Crippen LogP contribution in [0.15, 0.2) is 17.0 Å². The van der Waals surface area contributed by atoms with Gasteiger partial charge in [0, 0.05) is 23.5 Å². The third-order valence-electron chi connectivity index (χ3n) is 3.92. The van der Waals surface area contributed by atoms with Gasteiger partial charge in [-0.2, -0.15) is 24.5 Å². The molecule has 1 atom stereocenters. The Morgan fingerprint density at radius 3 is 2.29 bits per heavy atom. The first-order valence-corrected chi connectivity index (χ1v) is 12.8. The highest BCUT2D eigenvalue weighted by atomic mass is 32.3. The van der Waals surface area contributed by atoms with Crippen molar-refractivity contribution in [2.75, 3.05) is 29.3 Å². The fraction of sp³-hybridized carbons (Fsp3) is 0.538. The fourth-order valence-corrected chi connectivity index (χ4v) is 7.42. The Kier molecular flexibility index (Phi) is 6.84. The van der Waals surface area contributed by atoms with Crippen molar-refractivity contribution in [3.05, 3.63) is 37.3 Å². The van der Waals surface area contributed by atoms with Gasteiger partial charge in [-0.05, 0) is 28.9 Å². The minimum Gasteiger partial charge on any atom is -0.281 e. The van der Waals surface area contributed by atoms with Gasteiger partial charge >= 0.3 is 21.5 Å². The van der Waals surface area contributed by atoms with E-state index in [9.17, 15) is 38.1 Å². The number of thioether (sulfide) groups is 1. The van der Waals surface area contributed by atoms with Crippen LogP contribution in [0, 0.1) is 25.1 Å². The molecule has 1 aliphatic heterocycles. The van der Waals surface area contributed by atoms with Crippen molar-refractivity contribution in [2.24, 2.45) is 0 Å². The van der Waals surface area contributed by atoms with E-state index in [0.29, 0.717) is 29.4 Å². The first-order valence-electron chi connectivity index (χ1n) is 7.87. The van der Waals surface area contributed by atoms with Gasteiger partial charge in [-0.15, -0.1) is 0 Å². The fourth-order valence-electron chi connectivity index (χ4n) is 2.55. The van der Waals surface area contributed by atoms with Crippen LogP contribution in [0.2, 0.25) is 0 Å². The number of nitro benzene ring substituents is 2. The van der Waals surface area contributed by atoms with Gasteiger partial charge in [0.15, 0.2) is 0 Å². The van der Waals surface area contributed by atoms with E-state index in [1.807, 2.05) is 0 Å². The van der Waals surface area contributed by atoms with Gasteiger partial charge in [0.2, 0.25) is 0 Å². The number of hydrogen-bond donors (Lipinski definition) is 1. The van der Waals surface area contributed by atoms with Crippen molar-refractivity contribution in [1.29, 1.82) is 0 Å². The van der Waals surface area contributed by atoms with Gasteiger partial charge in [-0.25, -0.2) is 0 Å². The van der Waals surface area contributed by atoms with E-state index in [0.717, 1.165) is 18.6 Å². The molecular formula is C13H18N3O9S3+. The van der Waals surface area contributed by atoms with E-state index < -0.39 is 52.2 Å². The van der Waals surface area contributed by atoms with Crippen molar-refractivity contribution in [3.8, 4) is 0 Å². The summed E-state index contributed by atoms with van der Waals surface area (Å²) in [6, 6.07) is 0.894. The zero-order valence-corrected chi connectivity index (χ0v) is 17.1. The lowest BCUT2D eigenvalue weighted by atomic mass is 10.2. The van der Waals surface area contributed by atoms with E-state index in [-0.39, 0.29) is 4.92 Å². The maximum absolute atomic E-state index is 12.6. The Balaban J connectivity index is 2.56. The maximum atomic E-state index is 12.6. The second-order valence-corrected chi connectivity index (χ2v) is 12.0. The number of nitrogens with zero attached hydrogens (tertiary/aromatic N) is 3. The number of hydrogen-bond acceptors (Lipinski definition) is 9. The third-order valence-corrected chi connectivity index (χ3v) is 8.90. The molecule has 1 aliphatic rings. The van der Waals surface area contributed by atoms with Gasteiger partial charge in [-0.1, -0.05) is 0 Å². The topological polar surface area (TPSA) is 170 Å². The zero-order valence-electron chi connectivity index (χ0n) is 14.7. The Morgan fingerprint density at radius 1 is 1.07 bits per heavy atom. The van der Waals surface area contributed by atoms with Gasteiger partial charge in [0.25, 0.3) is 15.5 Å². The molecule has 0 aliphatic carbocycles. The molecule has 156 valence electrons. The molecule has 1 aromatic carbocycles. The number of non-ortho nitro benzene ring substituents is 1. The summed E-state index contributed by atoms with van der Waals surface area (Å²) in [6.45, 7) is 0. The summed E-state index contributed by atoms with van der Waals surface area (Å²) >= 11 is 1.68. The molecular weight excluding hydrogens is 438 g/mol. The molecule has 12 nitrogen and oxygen atoms in total. The first-order chi connectivity index (χ1) is 12.9. The lowest BCUT2D eigenvalue weighted by molar-refractivity contribution is -0.698. The van der Waals surface area contributed by atoms with Crippen molar-refractivity contribution in [3.63, 3.8) is 0 Å². The van der Waals surface area contributed by atoms with Crippen LogP contribution in [0.4, 0.5) is 17.1 Å². The van der Waals surface area contributed by atoms with Crippen LogP contribution in [0.5, 0.6) is 0 Å². The van der Waals surface area contributed by atoms with Crippen LogP contribution in [0.25, 0.3) is 0 Å². The zero-order chi connectivity index (χ0) is 21.1. The van der Waals surface area contributed by atoms with Crippen LogP contribution in [0.1, 0.15) is 12.8 Å². The van der Waals surface area contributed by atoms with Crippen molar-refractivity contribution in [1.82, 2.24) is 0 Å². The summed E-state index contributed by atoms with van der Waals surface area (Å²) in [5.74, 6) is 2.75. The Labute approximate surface area is 165 Å². The van der Waals surface area contributed by atoms with E-state index in [1.54, 1.807) is 18.0 Å². The third kappa shape index (κ3) is 5.30. The van der Waals surface area contributed by atoms with Crippen LogP contribution >= 0.6 is 22.1 Å². The average molecular weight is 457 g/mol. The molecule has 0 radical (unpaired) electrons. The Hall–Kier alpha value is -1.97. The molecule has 1 unspecified atom stereocenters. The summed E-state index contributed by atoms with van der Waals surface area (Å²) < 4.78 is 38.2. The van der Waals surface area contributed by atoms with Crippen LogP contribution in [-0.2, 0) is 14.4 Å². The summed E-state index contributed by atoms with van der Waals surface area (Å²) in [4.78, 5) is 31.0. The molecule has 0 bridgehead atoms. The van der Waals surface area contributed by atoms with Gasteiger partial charge in [0.1, 0.15) is 6.07 Å². The van der Waals surface area contributed by atoms with Crippen LogP contribution < -0.4 is 0 Å². The van der Waals surface area contributed by atoms with Crippen molar-refractivity contribution in [2.45, 2.75) is 17.7 Å². The number of nitro groups is 2. The molecule has 1 aromatic rings. The monoisotopic (exact) mass is 456 g/mol. The molecule has 2 rings (SSSR count). The number of rotatable bonds is 6. The Morgan fingerprint density at radius 2 is 1.71 bits per heavy atom. The van der Waals surface area contributed by atoms with E-state index in [2.05, 4.69) is 0 Å². The quantitative estimate of drug-likeness (QED) is 0.381. The second kappa shape index (κ2) is 8.59. The molecule has 1 saturated heterocycles. The highest BCUT2D eigenvalue weighted by Crippen LogP contribution is 2.50. The van der Waals surface area contributed by atoms with Crippen molar-refractivity contribution < 1.29 is 32.0 Å². The largest absolute Gasteiger partial charge is 0.352 e. The summed E-state index contributed by atoms with van der Waals surface area (Å²) in [7, 11) is -7.25. The predicted octanol–water partition coefficient (Wildman–Crippen LogP) is 2.97. The molecule has 0 amide bonds. The summed E-state index contributed by atoms with van der Waals surface area (Å²) in [5, 5.41) is 22.3. The Bertz CT molecular complexity index is 911. The molecule has 15 heteroatoms. The minimum absolute atomic E-state index is 0.259. The van der Waals surface area contributed by atoms with Gasteiger partial charge in [-0.3, -0.25) is 24.8 Å². The first kappa shape index (κ1) is 22.3. The van der Waals surface area contributed by atoms with E-state index in [1.165, 1.54) is 0 Å². The molecule has 1 heterocycles. The molecule has 1 N–H and O–H groups in total. The SMILES string of the molecule is CS1(O[N+](=O)c2cc([N+](=O)[O-])cc([N+](=O)[O-])c2S(=O)(=O)O)CCCCSCC1. The predicted molar refractivity (Wildman–Crippen MR) is 104 cm³/mol. The smallest absolute Gasteiger partial charge is 0.281 e. The standard InChI is InChI=1S/C13H17N3O9S3/c1-27(6-3-2-4-26-5-7-27)25-16(21)12-9-10(14(17)18)8-11(15(19)20)13(12)28(22,23)24/h8-9H,2-7H2,1H3/p+1. The van der Waals surface area contributed by atoms with E-state index >= 15 is 0 Å². The van der Waals surface area contributed by atoms with Crippen LogP contribution in [0.3, 0.4) is 0 Å². The van der Waals surface area contributed by atoms with Gasteiger partial charge in [0.05, 0.1) is 20.8 Å². The second-order valence-electron chi connectivity index (χ2n) is 6.05. The van der Waals surface area contributed by atoms with Crippen molar-refractivity contribution >= 4 is 49.3 Å². The van der Waals surface area contributed by atoms with Gasteiger partial charge < -0.3 is 0 Å². The lowest BCUT2D eigenvalue weighted by Gasteiger charge is -2.30.